The average Bonchev–Trinajstić information content (AvgIpc) is 2.15. The molecule has 0 radical (unpaired) electrons. The number of rotatable bonds is 7. The van der Waals surface area contributed by atoms with Gasteiger partial charge in [0.25, 0.3) is 0 Å². The number of ketones is 1. The molecule has 0 heterocycles. The third-order valence-electron chi connectivity index (χ3n) is 3.24. The molecule has 0 aliphatic heterocycles. The van der Waals surface area contributed by atoms with Gasteiger partial charge in [-0.2, -0.15) is 0 Å². The van der Waals surface area contributed by atoms with Crippen molar-refractivity contribution in [1.82, 2.24) is 0 Å². The van der Waals surface area contributed by atoms with Gasteiger partial charge in [-0.25, -0.2) is 0 Å². The Kier molecular flexibility index (Phi) is 6.24. The molecule has 2 nitrogen and oxygen atoms in total. The molecule has 0 aliphatic rings. The summed E-state index contributed by atoms with van der Waals surface area (Å²) < 4.78 is 0. The summed E-state index contributed by atoms with van der Waals surface area (Å²) in [6.45, 7) is 10.7. The van der Waals surface area contributed by atoms with Crippen LogP contribution in [-0.4, -0.2) is 17.5 Å². The maximum Gasteiger partial charge on any atom is 0.133 e. The molecule has 0 aliphatic carbocycles. The Morgan fingerprint density at radius 1 is 1.19 bits per heavy atom. The Morgan fingerprint density at radius 2 is 1.75 bits per heavy atom. The van der Waals surface area contributed by atoms with Crippen molar-refractivity contribution >= 4 is 5.78 Å². The molecule has 1 N–H and O–H groups in total. The van der Waals surface area contributed by atoms with Gasteiger partial charge >= 0.3 is 0 Å². The number of aliphatic hydroxyl groups excluding tert-OH is 1. The van der Waals surface area contributed by atoms with Gasteiger partial charge in [0.1, 0.15) is 5.78 Å². The molecule has 0 amide bonds. The van der Waals surface area contributed by atoms with Crippen molar-refractivity contribution in [2.45, 2.75) is 66.7 Å². The molecule has 0 rings (SSSR count). The first-order valence-corrected chi connectivity index (χ1v) is 6.35. The zero-order valence-corrected chi connectivity index (χ0v) is 11.6. The van der Waals surface area contributed by atoms with Gasteiger partial charge in [-0.05, 0) is 30.1 Å². The van der Waals surface area contributed by atoms with Crippen LogP contribution in [0.1, 0.15) is 66.7 Å². The van der Waals surface area contributed by atoms with Gasteiger partial charge in [-0.15, -0.1) is 0 Å². The summed E-state index contributed by atoms with van der Waals surface area (Å²) in [5, 5.41) is 9.24. The fourth-order valence-corrected chi connectivity index (χ4v) is 1.67. The fourth-order valence-electron chi connectivity index (χ4n) is 1.67. The standard InChI is InChI=1S/C14H28O2/c1-6-14(5,11-15)10-12(16)8-7-9-13(2,3)4/h15H,6-11H2,1-5H3. The van der Waals surface area contributed by atoms with Crippen LogP contribution in [0.25, 0.3) is 0 Å². The molecule has 0 spiro atoms. The van der Waals surface area contributed by atoms with Gasteiger partial charge in [-0.1, -0.05) is 34.6 Å². The lowest BCUT2D eigenvalue weighted by Crippen LogP contribution is -2.24. The Morgan fingerprint density at radius 3 is 2.12 bits per heavy atom. The first-order chi connectivity index (χ1) is 7.22. The second kappa shape index (κ2) is 6.39. The van der Waals surface area contributed by atoms with Crippen molar-refractivity contribution in [2.24, 2.45) is 10.8 Å². The summed E-state index contributed by atoms with van der Waals surface area (Å²) >= 11 is 0. The monoisotopic (exact) mass is 228 g/mol. The van der Waals surface area contributed by atoms with Crippen LogP contribution < -0.4 is 0 Å². The molecule has 1 atom stereocenters. The van der Waals surface area contributed by atoms with Crippen molar-refractivity contribution in [2.75, 3.05) is 6.61 Å². The molecule has 0 fully saturated rings. The summed E-state index contributed by atoms with van der Waals surface area (Å²) in [5.41, 5.74) is 0.101. The van der Waals surface area contributed by atoms with E-state index >= 15 is 0 Å². The van der Waals surface area contributed by atoms with E-state index in [9.17, 15) is 9.90 Å². The zero-order chi connectivity index (χ0) is 12.8. The maximum absolute atomic E-state index is 11.8. The van der Waals surface area contributed by atoms with Crippen molar-refractivity contribution in [3.8, 4) is 0 Å². The number of carbonyl (C=O) groups excluding carboxylic acids is 1. The van der Waals surface area contributed by atoms with Crippen LogP contribution in [0.2, 0.25) is 0 Å². The minimum atomic E-state index is -0.210. The van der Waals surface area contributed by atoms with E-state index in [1.165, 1.54) is 0 Å². The van der Waals surface area contributed by atoms with Crippen molar-refractivity contribution in [3.63, 3.8) is 0 Å². The molecule has 16 heavy (non-hydrogen) atoms. The predicted octanol–water partition coefficient (Wildman–Crippen LogP) is 3.57. The normalized spacial score (nSPS) is 15.9. The van der Waals surface area contributed by atoms with E-state index in [-0.39, 0.29) is 12.0 Å². The number of Topliss-reactive ketones (excluding diaryl/α,β-unsaturated/α-hetero) is 1. The van der Waals surface area contributed by atoms with Crippen molar-refractivity contribution in [3.05, 3.63) is 0 Å². The van der Waals surface area contributed by atoms with E-state index in [4.69, 9.17) is 0 Å². The van der Waals surface area contributed by atoms with Gasteiger partial charge in [-0.3, -0.25) is 4.79 Å². The Balaban J connectivity index is 3.91. The van der Waals surface area contributed by atoms with Gasteiger partial charge in [0, 0.05) is 19.4 Å². The van der Waals surface area contributed by atoms with Gasteiger partial charge in [0.15, 0.2) is 0 Å². The third kappa shape index (κ3) is 7.00. The Hall–Kier alpha value is -0.370. The van der Waals surface area contributed by atoms with E-state index in [2.05, 4.69) is 20.8 Å². The number of hydrogen-bond acceptors (Lipinski definition) is 2. The summed E-state index contributed by atoms with van der Waals surface area (Å²) in [5.74, 6) is 0.294. The van der Waals surface area contributed by atoms with Crippen LogP contribution in [0.5, 0.6) is 0 Å². The molecule has 0 bridgehead atoms. The number of carbonyl (C=O) groups is 1. The van der Waals surface area contributed by atoms with Crippen LogP contribution in [0, 0.1) is 10.8 Å². The Bertz CT molecular complexity index is 209. The van der Waals surface area contributed by atoms with E-state index in [0.29, 0.717) is 24.0 Å². The topological polar surface area (TPSA) is 37.3 Å². The van der Waals surface area contributed by atoms with E-state index in [1.807, 2.05) is 13.8 Å². The minimum Gasteiger partial charge on any atom is -0.396 e. The summed E-state index contributed by atoms with van der Waals surface area (Å²) in [6, 6.07) is 0. The molecule has 0 aromatic carbocycles. The minimum absolute atomic E-state index is 0.106. The van der Waals surface area contributed by atoms with E-state index in [1.54, 1.807) is 0 Å². The molecule has 96 valence electrons. The highest BCUT2D eigenvalue weighted by Gasteiger charge is 2.24. The summed E-state index contributed by atoms with van der Waals surface area (Å²) in [6.07, 6.45) is 4.08. The quantitative estimate of drug-likeness (QED) is 0.723. The zero-order valence-electron chi connectivity index (χ0n) is 11.6. The van der Waals surface area contributed by atoms with E-state index < -0.39 is 0 Å². The lowest BCUT2D eigenvalue weighted by atomic mass is 9.81. The summed E-state index contributed by atoms with van der Waals surface area (Å²) in [7, 11) is 0. The third-order valence-corrected chi connectivity index (χ3v) is 3.24. The average molecular weight is 228 g/mol. The lowest BCUT2D eigenvalue weighted by molar-refractivity contribution is -0.122. The van der Waals surface area contributed by atoms with Gasteiger partial charge < -0.3 is 5.11 Å². The van der Waals surface area contributed by atoms with Crippen molar-refractivity contribution < 1.29 is 9.90 Å². The van der Waals surface area contributed by atoms with Crippen LogP contribution >= 0.6 is 0 Å². The van der Waals surface area contributed by atoms with Crippen LogP contribution in [-0.2, 0) is 4.79 Å². The lowest BCUT2D eigenvalue weighted by Gasteiger charge is -2.25. The molecular formula is C14H28O2. The molecule has 0 aromatic rings. The second-order valence-corrected chi connectivity index (χ2v) is 6.45. The highest BCUT2D eigenvalue weighted by Crippen LogP contribution is 2.27. The summed E-state index contributed by atoms with van der Waals surface area (Å²) in [4.78, 5) is 11.8. The maximum atomic E-state index is 11.8. The smallest absolute Gasteiger partial charge is 0.133 e. The molecular weight excluding hydrogens is 200 g/mol. The van der Waals surface area contributed by atoms with Crippen LogP contribution in [0.3, 0.4) is 0 Å². The molecule has 2 heteroatoms. The SMILES string of the molecule is CCC(C)(CO)CC(=O)CCCC(C)(C)C. The predicted molar refractivity (Wildman–Crippen MR) is 68.4 cm³/mol. The number of aliphatic hydroxyl groups is 1. The first kappa shape index (κ1) is 15.6. The van der Waals surface area contributed by atoms with Crippen LogP contribution in [0.4, 0.5) is 0 Å². The second-order valence-electron chi connectivity index (χ2n) is 6.45. The first-order valence-electron chi connectivity index (χ1n) is 6.35. The highest BCUT2D eigenvalue weighted by molar-refractivity contribution is 5.79. The van der Waals surface area contributed by atoms with Gasteiger partial charge in [0.2, 0.25) is 0 Å². The molecule has 0 saturated carbocycles. The molecule has 0 aromatic heterocycles. The fraction of sp³-hybridized carbons (Fsp3) is 0.929. The molecule has 1 unspecified atom stereocenters. The van der Waals surface area contributed by atoms with Gasteiger partial charge in [0.05, 0.1) is 0 Å². The highest BCUT2D eigenvalue weighted by atomic mass is 16.3. The molecule has 0 saturated heterocycles. The number of hydrogen-bond donors (Lipinski definition) is 1. The van der Waals surface area contributed by atoms with Crippen LogP contribution in [0.15, 0.2) is 0 Å². The Labute approximate surface area is 100 Å². The van der Waals surface area contributed by atoms with Crippen molar-refractivity contribution in [1.29, 1.82) is 0 Å². The van der Waals surface area contributed by atoms with E-state index in [0.717, 1.165) is 19.3 Å². The largest absolute Gasteiger partial charge is 0.396 e.